The standard InChI is InChI=1S/C9H18N2O4S2/c1-16-7-4-8(9(12)13)10-17(14,15)11-5-2-3-6-11/h8,10H,2-7H2,1H3,(H,12,13)/t8-/m1/s1. The van der Waals surface area contributed by atoms with Gasteiger partial charge in [0.2, 0.25) is 0 Å². The molecule has 1 aliphatic rings. The Hall–Kier alpha value is -0.310. The number of carboxylic acids is 1. The van der Waals surface area contributed by atoms with Crippen molar-refractivity contribution in [2.75, 3.05) is 25.1 Å². The van der Waals surface area contributed by atoms with Crippen molar-refractivity contribution in [3.63, 3.8) is 0 Å². The van der Waals surface area contributed by atoms with E-state index in [9.17, 15) is 13.2 Å². The van der Waals surface area contributed by atoms with Gasteiger partial charge in [-0.05, 0) is 31.3 Å². The monoisotopic (exact) mass is 282 g/mol. The van der Waals surface area contributed by atoms with E-state index in [-0.39, 0.29) is 0 Å². The number of hydrogen-bond acceptors (Lipinski definition) is 4. The lowest BCUT2D eigenvalue weighted by molar-refractivity contribution is -0.139. The molecule has 0 unspecified atom stereocenters. The van der Waals surface area contributed by atoms with Gasteiger partial charge in [0.1, 0.15) is 6.04 Å². The predicted molar refractivity (Wildman–Crippen MR) is 67.3 cm³/mol. The van der Waals surface area contributed by atoms with Crippen LogP contribution in [0.25, 0.3) is 0 Å². The van der Waals surface area contributed by atoms with Crippen LogP contribution in [0.3, 0.4) is 0 Å². The summed E-state index contributed by atoms with van der Waals surface area (Å²) in [6.45, 7) is 0.953. The van der Waals surface area contributed by atoms with E-state index < -0.39 is 22.2 Å². The van der Waals surface area contributed by atoms with Crippen LogP contribution in [0.5, 0.6) is 0 Å². The molecule has 2 N–H and O–H groups in total. The first-order chi connectivity index (χ1) is 7.97. The van der Waals surface area contributed by atoms with Gasteiger partial charge >= 0.3 is 5.97 Å². The Labute approximate surface area is 106 Å². The molecule has 1 atom stereocenters. The summed E-state index contributed by atoms with van der Waals surface area (Å²) < 4.78 is 27.3. The van der Waals surface area contributed by atoms with Gasteiger partial charge in [-0.2, -0.15) is 29.2 Å². The largest absolute Gasteiger partial charge is 0.480 e. The minimum absolute atomic E-state index is 0.295. The highest BCUT2D eigenvalue weighted by Crippen LogP contribution is 2.12. The number of aliphatic carboxylic acids is 1. The van der Waals surface area contributed by atoms with Crippen LogP contribution in [-0.4, -0.2) is 54.9 Å². The number of thioether (sulfide) groups is 1. The molecular weight excluding hydrogens is 264 g/mol. The summed E-state index contributed by atoms with van der Waals surface area (Å²) in [5, 5.41) is 8.95. The van der Waals surface area contributed by atoms with Crippen LogP contribution in [0.4, 0.5) is 0 Å². The van der Waals surface area contributed by atoms with E-state index in [1.54, 1.807) is 0 Å². The van der Waals surface area contributed by atoms with Crippen LogP contribution in [0.15, 0.2) is 0 Å². The van der Waals surface area contributed by atoms with Crippen molar-refractivity contribution in [1.29, 1.82) is 0 Å². The summed E-state index contributed by atoms with van der Waals surface area (Å²) in [7, 11) is -3.64. The minimum Gasteiger partial charge on any atom is -0.480 e. The molecule has 6 nitrogen and oxygen atoms in total. The van der Waals surface area contributed by atoms with Crippen molar-refractivity contribution in [3.8, 4) is 0 Å². The summed E-state index contributed by atoms with van der Waals surface area (Å²) in [5.41, 5.74) is 0. The van der Waals surface area contributed by atoms with E-state index in [4.69, 9.17) is 5.11 Å². The number of nitrogens with one attached hydrogen (secondary N) is 1. The van der Waals surface area contributed by atoms with Gasteiger partial charge in [-0.3, -0.25) is 4.79 Å². The molecule has 0 aromatic rings. The molecule has 0 aromatic carbocycles. The van der Waals surface area contributed by atoms with Gasteiger partial charge in [0.15, 0.2) is 0 Å². The molecule has 0 bridgehead atoms. The average Bonchev–Trinajstić information content (AvgIpc) is 2.77. The Morgan fingerprint density at radius 2 is 2.06 bits per heavy atom. The first-order valence-electron chi connectivity index (χ1n) is 5.46. The molecule has 1 aliphatic heterocycles. The molecule has 1 fully saturated rings. The second-order valence-electron chi connectivity index (χ2n) is 3.90. The zero-order chi connectivity index (χ0) is 12.9. The van der Waals surface area contributed by atoms with Gasteiger partial charge in [0, 0.05) is 13.1 Å². The van der Waals surface area contributed by atoms with Crippen molar-refractivity contribution in [1.82, 2.24) is 9.03 Å². The molecule has 0 aliphatic carbocycles. The minimum atomic E-state index is -3.64. The van der Waals surface area contributed by atoms with E-state index in [0.29, 0.717) is 25.3 Å². The molecule has 0 radical (unpaired) electrons. The second-order valence-corrected chi connectivity index (χ2v) is 6.59. The average molecular weight is 282 g/mol. The third-order valence-electron chi connectivity index (χ3n) is 2.60. The number of hydrogen-bond donors (Lipinski definition) is 2. The lowest BCUT2D eigenvalue weighted by Crippen LogP contribution is -2.47. The first-order valence-corrected chi connectivity index (χ1v) is 8.30. The van der Waals surface area contributed by atoms with E-state index in [1.165, 1.54) is 16.1 Å². The summed E-state index contributed by atoms with van der Waals surface area (Å²) in [5.74, 6) is -0.513. The van der Waals surface area contributed by atoms with Crippen molar-refractivity contribution in [2.45, 2.75) is 25.3 Å². The van der Waals surface area contributed by atoms with Crippen LogP contribution >= 0.6 is 11.8 Å². The maximum Gasteiger partial charge on any atom is 0.321 e. The van der Waals surface area contributed by atoms with Crippen LogP contribution in [0.1, 0.15) is 19.3 Å². The molecule has 8 heteroatoms. The van der Waals surface area contributed by atoms with Gasteiger partial charge in [-0.15, -0.1) is 0 Å². The highest BCUT2D eigenvalue weighted by molar-refractivity contribution is 7.98. The van der Waals surface area contributed by atoms with Crippen LogP contribution in [0.2, 0.25) is 0 Å². The first kappa shape index (κ1) is 14.7. The molecule has 0 amide bonds. The fraction of sp³-hybridized carbons (Fsp3) is 0.889. The smallest absolute Gasteiger partial charge is 0.321 e. The SMILES string of the molecule is CSCC[C@@H](NS(=O)(=O)N1CCCC1)C(=O)O. The zero-order valence-electron chi connectivity index (χ0n) is 9.76. The van der Waals surface area contributed by atoms with Gasteiger partial charge in [0.25, 0.3) is 10.2 Å². The maximum absolute atomic E-state index is 11.9. The van der Waals surface area contributed by atoms with Crippen molar-refractivity contribution < 1.29 is 18.3 Å². The molecule has 0 aromatic heterocycles. The molecular formula is C9H18N2O4S2. The Kier molecular flexibility index (Phi) is 5.71. The highest BCUT2D eigenvalue weighted by atomic mass is 32.2. The zero-order valence-corrected chi connectivity index (χ0v) is 11.4. The third kappa shape index (κ3) is 4.46. The number of carboxylic acid groups (broad SMARTS) is 1. The van der Waals surface area contributed by atoms with Crippen molar-refractivity contribution in [2.24, 2.45) is 0 Å². The molecule has 0 saturated carbocycles. The Morgan fingerprint density at radius 1 is 1.47 bits per heavy atom. The Bertz CT molecular complexity index is 352. The quantitative estimate of drug-likeness (QED) is 0.693. The molecule has 1 heterocycles. The molecule has 0 spiro atoms. The third-order valence-corrected chi connectivity index (χ3v) is 4.88. The lowest BCUT2D eigenvalue weighted by Gasteiger charge is -2.20. The van der Waals surface area contributed by atoms with E-state index in [1.807, 2.05) is 6.26 Å². The number of rotatable bonds is 7. The topological polar surface area (TPSA) is 86.7 Å². The van der Waals surface area contributed by atoms with Gasteiger partial charge in [-0.1, -0.05) is 0 Å². The normalized spacial score (nSPS) is 19.4. The Balaban J connectivity index is 2.61. The molecule has 1 saturated heterocycles. The highest BCUT2D eigenvalue weighted by Gasteiger charge is 2.30. The van der Waals surface area contributed by atoms with Crippen LogP contribution in [-0.2, 0) is 15.0 Å². The van der Waals surface area contributed by atoms with Gasteiger partial charge in [-0.25, -0.2) is 0 Å². The molecule has 17 heavy (non-hydrogen) atoms. The van der Waals surface area contributed by atoms with Crippen LogP contribution in [0, 0.1) is 0 Å². The predicted octanol–water partition coefficient (Wildman–Crippen LogP) is 0.123. The van der Waals surface area contributed by atoms with Crippen molar-refractivity contribution in [3.05, 3.63) is 0 Å². The lowest BCUT2D eigenvalue weighted by atomic mass is 10.2. The van der Waals surface area contributed by atoms with Crippen LogP contribution < -0.4 is 4.72 Å². The molecule has 1 rings (SSSR count). The summed E-state index contributed by atoms with van der Waals surface area (Å²) >= 11 is 1.49. The number of nitrogens with zero attached hydrogens (tertiary/aromatic N) is 1. The van der Waals surface area contributed by atoms with E-state index >= 15 is 0 Å². The van der Waals surface area contributed by atoms with E-state index in [0.717, 1.165) is 12.8 Å². The fourth-order valence-corrected chi connectivity index (χ4v) is 3.59. The second kappa shape index (κ2) is 6.58. The molecule has 100 valence electrons. The van der Waals surface area contributed by atoms with E-state index in [2.05, 4.69) is 4.72 Å². The van der Waals surface area contributed by atoms with Crippen molar-refractivity contribution >= 4 is 27.9 Å². The summed E-state index contributed by atoms with van der Waals surface area (Å²) in [4.78, 5) is 10.9. The van der Waals surface area contributed by atoms with Gasteiger partial charge < -0.3 is 5.11 Å². The number of carbonyl (C=O) groups is 1. The summed E-state index contributed by atoms with van der Waals surface area (Å²) in [6.07, 6.45) is 3.82. The van der Waals surface area contributed by atoms with Gasteiger partial charge in [0.05, 0.1) is 0 Å². The summed E-state index contributed by atoms with van der Waals surface area (Å²) in [6, 6.07) is -1.03. The Morgan fingerprint density at radius 3 is 2.53 bits per heavy atom. The fourth-order valence-electron chi connectivity index (χ4n) is 1.65. The maximum atomic E-state index is 11.9.